The molecule has 34 heavy (non-hydrogen) atoms. The molecular formula is C26H26BrN3O4. The predicted molar refractivity (Wildman–Crippen MR) is 135 cm³/mol. The number of anilines is 1. The number of aryl methyl sites for hydroxylation is 3. The maximum Gasteiger partial charge on any atom is 0.279 e. The molecule has 176 valence electrons. The highest BCUT2D eigenvalue weighted by Crippen LogP contribution is 2.28. The molecule has 7 nitrogen and oxygen atoms in total. The van der Waals surface area contributed by atoms with Crippen LogP contribution in [0, 0.1) is 20.8 Å². The van der Waals surface area contributed by atoms with Crippen molar-refractivity contribution < 1.29 is 19.1 Å². The molecule has 0 heterocycles. The van der Waals surface area contributed by atoms with E-state index in [9.17, 15) is 14.4 Å². The van der Waals surface area contributed by atoms with Crippen molar-refractivity contribution in [2.24, 2.45) is 0 Å². The van der Waals surface area contributed by atoms with Crippen molar-refractivity contribution in [3.63, 3.8) is 0 Å². The minimum Gasteiger partial charge on any atom is -0.480 e. The van der Waals surface area contributed by atoms with Crippen LogP contribution in [0.5, 0.6) is 5.75 Å². The van der Waals surface area contributed by atoms with Crippen LogP contribution in [-0.2, 0) is 4.79 Å². The topological polar surface area (TPSA) is 96.5 Å². The molecule has 0 radical (unpaired) electrons. The summed E-state index contributed by atoms with van der Waals surface area (Å²) < 4.78 is 6.73. The van der Waals surface area contributed by atoms with Crippen molar-refractivity contribution >= 4 is 39.3 Å². The van der Waals surface area contributed by atoms with Gasteiger partial charge >= 0.3 is 0 Å². The van der Waals surface area contributed by atoms with Gasteiger partial charge in [-0.2, -0.15) is 0 Å². The number of carbonyl (C=O) groups is 3. The fourth-order valence-electron chi connectivity index (χ4n) is 3.34. The van der Waals surface area contributed by atoms with E-state index in [1.54, 1.807) is 43.3 Å². The van der Waals surface area contributed by atoms with Crippen LogP contribution in [0.4, 0.5) is 5.69 Å². The smallest absolute Gasteiger partial charge is 0.279 e. The Balaban J connectivity index is 1.54. The minimum atomic E-state index is -0.821. The van der Waals surface area contributed by atoms with E-state index in [0.29, 0.717) is 22.6 Å². The standard InChI is InChI=1S/C26H26BrN3O4/c1-15-7-5-6-8-22(15)26(33)28-21-11-9-19(10-12-21)25(32)30-29-24(31)18(4)34-23-16(2)13-20(27)14-17(23)3/h5-14,18H,1-4H3,(H,28,33)(H,29,31)(H,30,32). The van der Waals surface area contributed by atoms with E-state index in [4.69, 9.17) is 4.74 Å². The third-order valence-corrected chi connectivity index (χ3v) is 5.64. The molecule has 0 bridgehead atoms. The molecule has 3 amide bonds. The first kappa shape index (κ1) is 25.0. The quantitative estimate of drug-likeness (QED) is 0.402. The first-order valence-electron chi connectivity index (χ1n) is 10.7. The summed E-state index contributed by atoms with van der Waals surface area (Å²) in [7, 11) is 0. The average molecular weight is 524 g/mol. The number of ether oxygens (including phenoxy) is 1. The Morgan fingerprint density at radius 2 is 1.44 bits per heavy atom. The van der Waals surface area contributed by atoms with Crippen molar-refractivity contribution in [1.29, 1.82) is 0 Å². The fourth-order valence-corrected chi connectivity index (χ4v) is 4.02. The largest absolute Gasteiger partial charge is 0.480 e. The van der Waals surface area contributed by atoms with Gasteiger partial charge in [0.15, 0.2) is 6.10 Å². The van der Waals surface area contributed by atoms with Gasteiger partial charge in [0.2, 0.25) is 0 Å². The Bertz CT molecular complexity index is 1200. The monoisotopic (exact) mass is 523 g/mol. The Hall–Kier alpha value is -3.65. The summed E-state index contributed by atoms with van der Waals surface area (Å²) in [5.41, 5.74) is 8.88. The number of halogens is 1. The Labute approximate surface area is 207 Å². The predicted octanol–water partition coefficient (Wildman–Crippen LogP) is 4.86. The van der Waals surface area contributed by atoms with Crippen molar-refractivity contribution in [2.45, 2.75) is 33.8 Å². The normalized spacial score (nSPS) is 11.3. The highest BCUT2D eigenvalue weighted by molar-refractivity contribution is 9.10. The lowest BCUT2D eigenvalue weighted by molar-refractivity contribution is -0.128. The maximum absolute atomic E-state index is 12.4. The lowest BCUT2D eigenvalue weighted by Gasteiger charge is -2.18. The summed E-state index contributed by atoms with van der Waals surface area (Å²) in [5.74, 6) is -0.584. The van der Waals surface area contributed by atoms with Gasteiger partial charge in [-0.15, -0.1) is 0 Å². The average Bonchev–Trinajstić information content (AvgIpc) is 2.80. The van der Waals surface area contributed by atoms with Crippen LogP contribution in [0.25, 0.3) is 0 Å². The molecule has 0 aliphatic carbocycles. The molecule has 0 saturated carbocycles. The molecule has 3 N–H and O–H groups in total. The number of hydrazine groups is 1. The van der Waals surface area contributed by atoms with Crippen LogP contribution < -0.4 is 20.9 Å². The van der Waals surface area contributed by atoms with Gasteiger partial charge in [-0.05, 0) is 86.8 Å². The molecule has 0 aliphatic rings. The van der Waals surface area contributed by atoms with Gasteiger partial charge in [-0.25, -0.2) is 0 Å². The van der Waals surface area contributed by atoms with Gasteiger partial charge < -0.3 is 10.1 Å². The van der Waals surface area contributed by atoms with E-state index in [0.717, 1.165) is 21.2 Å². The number of hydrogen-bond donors (Lipinski definition) is 3. The van der Waals surface area contributed by atoms with Crippen molar-refractivity contribution in [3.8, 4) is 5.75 Å². The molecule has 1 unspecified atom stereocenters. The van der Waals surface area contributed by atoms with Gasteiger partial charge in [0.1, 0.15) is 5.75 Å². The molecule has 0 aliphatic heterocycles. The summed E-state index contributed by atoms with van der Waals surface area (Å²) in [6.45, 7) is 7.26. The van der Waals surface area contributed by atoms with Crippen LogP contribution in [-0.4, -0.2) is 23.8 Å². The SMILES string of the molecule is Cc1ccccc1C(=O)Nc1ccc(C(=O)NNC(=O)C(C)Oc2c(C)cc(Br)cc2C)cc1. The maximum atomic E-state index is 12.4. The van der Waals surface area contributed by atoms with E-state index in [1.807, 2.05) is 45.0 Å². The summed E-state index contributed by atoms with van der Waals surface area (Å²) in [5, 5.41) is 2.81. The van der Waals surface area contributed by atoms with Crippen molar-refractivity contribution in [3.05, 3.63) is 93.0 Å². The van der Waals surface area contributed by atoms with E-state index >= 15 is 0 Å². The second kappa shape index (κ2) is 11.0. The number of nitrogens with one attached hydrogen (secondary N) is 3. The van der Waals surface area contributed by atoms with E-state index < -0.39 is 17.9 Å². The van der Waals surface area contributed by atoms with Crippen LogP contribution in [0.2, 0.25) is 0 Å². The van der Waals surface area contributed by atoms with E-state index in [2.05, 4.69) is 32.1 Å². The molecule has 0 aromatic heterocycles. The third-order valence-electron chi connectivity index (χ3n) is 5.18. The summed E-state index contributed by atoms with van der Waals surface area (Å²) in [6, 6.07) is 17.5. The third kappa shape index (κ3) is 6.23. The lowest BCUT2D eigenvalue weighted by atomic mass is 10.1. The van der Waals surface area contributed by atoms with Gasteiger partial charge in [0.05, 0.1) is 0 Å². The van der Waals surface area contributed by atoms with Crippen LogP contribution in [0.3, 0.4) is 0 Å². The minimum absolute atomic E-state index is 0.229. The fraction of sp³-hybridized carbons (Fsp3) is 0.192. The number of rotatable bonds is 6. The highest BCUT2D eigenvalue weighted by atomic mass is 79.9. The molecule has 3 aromatic carbocycles. The molecular weight excluding hydrogens is 498 g/mol. The zero-order valence-corrected chi connectivity index (χ0v) is 20.9. The van der Waals surface area contributed by atoms with E-state index in [1.165, 1.54) is 0 Å². The first-order chi connectivity index (χ1) is 16.2. The number of carbonyl (C=O) groups excluding carboxylic acids is 3. The van der Waals surface area contributed by atoms with Crippen LogP contribution in [0.1, 0.15) is 44.3 Å². The summed E-state index contributed by atoms with van der Waals surface area (Å²) in [6.07, 6.45) is -0.821. The lowest BCUT2D eigenvalue weighted by Crippen LogP contribution is -2.47. The second-order valence-corrected chi connectivity index (χ2v) is 8.83. The van der Waals surface area contributed by atoms with Crippen LogP contribution in [0.15, 0.2) is 65.1 Å². The van der Waals surface area contributed by atoms with Crippen molar-refractivity contribution in [2.75, 3.05) is 5.32 Å². The first-order valence-corrected chi connectivity index (χ1v) is 11.5. The van der Waals surface area contributed by atoms with E-state index in [-0.39, 0.29) is 5.91 Å². The van der Waals surface area contributed by atoms with Gasteiger partial charge in [0.25, 0.3) is 17.7 Å². The zero-order valence-electron chi connectivity index (χ0n) is 19.4. The number of benzene rings is 3. The second-order valence-electron chi connectivity index (χ2n) is 7.92. The Morgan fingerprint density at radius 1 is 0.824 bits per heavy atom. The molecule has 0 fully saturated rings. The molecule has 0 spiro atoms. The molecule has 8 heteroatoms. The Morgan fingerprint density at radius 3 is 2.06 bits per heavy atom. The molecule has 1 atom stereocenters. The molecule has 0 saturated heterocycles. The highest BCUT2D eigenvalue weighted by Gasteiger charge is 2.18. The number of hydrogen-bond acceptors (Lipinski definition) is 4. The summed E-state index contributed by atoms with van der Waals surface area (Å²) in [4.78, 5) is 37.3. The van der Waals surface area contributed by atoms with Crippen molar-refractivity contribution in [1.82, 2.24) is 10.9 Å². The summed E-state index contributed by atoms with van der Waals surface area (Å²) >= 11 is 3.43. The number of amides is 3. The zero-order chi connectivity index (χ0) is 24.8. The van der Waals surface area contributed by atoms with Gasteiger partial charge in [-0.1, -0.05) is 34.1 Å². The molecule has 3 rings (SSSR count). The van der Waals surface area contributed by atoms with Gasteiger partial charge in [0, 0.05) is 21.3 Å². The Kier molecular flexibility index (Phi) is 8.07. The van der Waals surface area contributed by atoms with Crippen LogP contribution >= 0.6 is 15.9 Å². The molecule has 3 aromatic rings. The van der Waals surface area contributed by atoms with Gasteiger partial charge in [-0.3, -0.25) is 25.2 Å².